The molecule has 0 aliphatic carbocycles. The molecule has 0 unspecified atom stereocenters. The van der Waals surface area contributed by atoms with Crippen LogP contribution in [0.3, 0.4) is 0 Å². The first-order valence-electron chi connectivity index (χ1n) is 5.75. The van der Waals surface area contributed by atoms with Crippen LogP contribution in [0.5, 0.6) is 5.75 Å². The third-order valence-corrected chi connectivity index (χ3v) is 4.28. The molecule has 1 aromatic heterocycles. The highest BCUT2D eigenvalue weighted by Crippen LogP contribution is 2.34. The van der Waals surface area contributed by atoms with E-state index in [0.29, 0.717) is 5.56 Å². The lowest BCUT2D eigenvalue weighted by atomic mass is 10.1. The van der Waals surface area contributed by atoms with Crippen LogP contribution in [0.15, 0.2) is 23.1 Å². The quantitative estimate of drug-likeness (QED) is 0.910. The molecule has 1 aromatic carbocycles. The molecular weight excluding hydrogens is 264 g/mol. The lowest BCUT2D eigenvalue weighted by molar-refractivity contribution is 0.476. The number of nitrogens with zero attached hydrogens (tertiary/aromatic N) is 2. The van der Waals surface area contributed by atoms with Crippen molar-refractivity contribution in [3.05, 3.63) is 29.5 Å². The normalized spacial score (nSPS) is 11.8. The van der Waals surface area contributed by atoms with Crippen molar-refractivity contribution in [2.75, 3.05) is 6.26 Å². The van der Waals surface area contributed by atoms with E-state index in [-0.39, 0.29) is 10.6 Å². The van der Waals surface area contributed by atoms with Crippen molar-refractivity contribution in [3.63, 3.8) is 0 Å². The minimum atomic E-state index is -3.31. The number of aryl methyl sites for hydroxylation is 2. The number of aromatic hydroxyl groups is 1. The van der Waals surface area contributed by atoms with E-state index in [4.69, 9.17) is 0 Å². The van der Waals surface area contributed by atoms with Gasteiger partial charge >= 0.3 is 0 Å². The molecule has 0 saturated carbocycles. The third kappa shape index (κ3) is 2.35. The van der Waals surface area contributed by atoms with Gasteiger partial charge in [0, 0.05) is 18.9 Å². The summed E-state index contributed by atoms with van der Waals surface area (Å²) < 4.78 is 24.8. The zero-order chi connectivity index (χ0) is 14.4. The van der Waals surface area contributed by atoms with E-state index >= 15 is 0 Å². The van der Waals surface area contributed by atoms with Gasteiger partial charge in [-0.05, 0) is 37.6 Å². The van der Waals surface area contributed by atoms with Gasteiger partial charge in [0.05, 0.1) is 16.3 Å². The molecule has 19 heavy (non-hydrogen) atoms. The summed E-state index contributed by atoms with van der Waals surface area (Å²) in [6.45, 7) is 3.76. The molecule has 0 aliphatic heterocycles. The van der Waals surface area contributed by atoms with Gasteiger partial charge in [-0.1, -0.05) is 0 Å². The summed E-state index contributed by atoms with van der Waals surface area (Å²) in [6, 6.07) is 4.27. The molecule has 0 saturated heterocycles. The maximum atomic E-state index is 11.6. The fraction of sp³-hybridized carbons (Fsp3) is 0.308. The number of hydrogen-bond acceptors (Lipinski definition) is 4. The third-order valence-electron chi connectivity index (χ3n) is 3.17. The Labute approximate surface area is 112 Å². The first-order chi connectivity index (χ1) is 8.71. The number of hydrogen-bond donors (Lipinski definition) is 1. The number of rotatable bonds is 2. The Morgan fingerprint density at radius 3 is 2.37 bits per heavy atom. The van der Waals surface area contributed by atoms with Gasteiger partial charge < -0.3 is 5.11 Å². The van der Waals surface area contributed by atoms with Crippen LogP contribution in [-0.4, -0.2) is 29.6 Å². The van der Waals surface area contributed by atoms with Crippen LogP contribution in [0.1, 0.15) is 11.3 Å². The largest absolute Gasteiger partial charge is 0.507 e. The number of sulfone groups is 1. The predicted molar refractivity (Wildman–Crippen MR) is 72.9 cm³/mol. The predicted octanol–water partition coefficient (Wildman–Crippen LogP) is 1.81. The number of phenols is 1. The Morgan fingerprint density at radius 2 is 1.89 bits per heavy atom. The van der Waals surface area contributed by atoms with Crippen molar-refractivity contribution in [1.29, 1.82) is 0 Å². The zero-order valence-corrected chi connectivity index (χ0v) is 12.1. The van der Waals surface area contributed by atoms with E-state index in [2.05, 4.69) is 5.10 Å². The van der Waals surface area contributed by atoms with Gasteiger partial charge in [-0.25, -0.2) is 8.42 Å². The van der Waals surface area contributed by atoms with Gasteiger partial charge in [0.2, 0.25) is 0 Å². The summed E-state index contributed by atoms with van der Waals surface area (Å²) in [5.74, 6) is 0.0403. The molecule has 2 aromatic rings. The van der Waals surface area contributed by atoms with Crippen LogP contribution in [0.25, 0.3) is 11.3 Å². The molecule has 0 spiro atoms. The Morgan fingerprint density at radius 1 is 1.26 bits per heavy atom. The number of phenolic OH excluding ortho intramolecular Hbond substituents is 1. The monoisotopic (exact) mass is 280 g/mol. The fourth-order valence-corrected chi connectivity index (χ4v) is 2.72. The van der Waals surface area contributed by atoms with Crippen LogP contribution < -0.4 is 0 Å². The van der Waals surface area contributed by atoms with Gasteiger partial charge in [-0.3, -0.25) is 4.68 Å². The van der Waals surface area contributed by atoms with Crippen molar-refractivity contribution in [1.82, 2.24) is 9.78 Å². The Kier molecular flexibility index (Phi) is 3.14. The van der Waals surface area contributed by atoms with Crippen molar-refractivity contribution >= 4 is 9.84 Å². The second-order valence-electron chi connectivity index (χ2n) is 4.63. The Hall–Kier alpha value is -1.82. The average Bonchev–Trinajstić information content (AvgIpc) is 2.53. The van der Waals surface area contributed by atoms with Crippen molar-refractivity contribution in [3.8, 4) is 17.0 Å². The molecule has 102 valence electrons. The van der Waals surface area contributed by atoms with E-state index in [1.54, 1.807) is 11.7 Å². The smallest absolute Gasteiger partial charge is 0.175 e. The molecule has 0 bridgehead atoms. The van der Waals surface area contributed by atoms with Gasteiger partial charge in [-0.2, -0.15) is 5.10 Å². The first-order valence-corrected chi connectivity index (χ1v) is 7.64. The average molecular weight is 280 g/mol. The summed E-state index contributed by atoms with van der Waals surface area (Å²) in [6.07, 6.45) is 1.14. The summed E-state index contributed by atoms with van der Waals surface area (Å²) in [5, 5.41) is 14.3. The van der Waals surface area contributed by atoms with Gasteiger partial charge in [0.25, 0.3) is 0 Å². The van der Waals surface area contributed by atoms with Crippen molar-refractivity contribution in [2.45, 2.75) is 18.7 Å². The maximum Gasteiger partial charge on any atom is 0.175 e. The minimum Gasteiger partial charge on any atom is -0.507 e. The molecule has 0 fully saturated rings. The molecule has 1 heterocycles. The topological polar surface area (TPSA) is 72.2 Å². The molecule has 0 amide bonds. The highest BCUT2D eigenvalue weighted by molar-refractivity contribution is 7.90. The van der Waals surface area contributed by atoms with E-state index in [1.165, 1.54) is 18.2 Å². The lowest BCUT2D eigenvalue weighted by Crippen LogP contribution is -1.99. The summed E-state index contributed by atoms with van der Waals surface area (Å²) in [7, 11) is -1.54. The molecule has 0 radical (unpaired) electrons. The maximum absolute atomic E-state index is 11.6. The van der Waals surface area contributed by atoms with E-state index in [0.717, 1.165) is 23.2 Å². The van der Waals surface area contributed by atoms with Crippen LogP contribution >= 0.6 is 0 Å². The Bertz CT molecular complexity index is 745. The summed E-state index contributed by atoms with van der Waals surface area (Å²) in [5.41, 5.74) is 2.97. The van der Waals surface area contributed by atoms with Gasteiger partial charge in [0.1, 0.15) is 5.75 Å². The van der Waals surface area contributed by atoms with E-state index in [1.807, 2.05) is 13.8 Å². The Balaban J connectivity index is 2.75. The second kappa shape index (κ2) is 4.38. The van der Waals surface area contributed by atoms with E-state index in [9.17, 15) is 13.5 Å². The summed E-state index contributed by atoms with van der Waals surface area (Å²) >= 11 is 0. The first kappa shape index (κ1) is 13.6. The standard InChI is InChI=1S/C13H16N2O3S/c1-8-9(2)14-15(3)13(8)11-7-10(19(4,17)18)5-6-12(11)16/h5-7,16H,1-4H3. The van der Waals surface area contributed by atoms with Crippen LogP contribution in [-0.2, 0) is 16.9 Å². The summed E-state index contributed by atoms with van der Waals surface area (Å²) in [4.78, 5) is 0.179. The second-order valence-corrected chi connectivity index (χ2v) is 6.65. The van der Waals surface area contributed by atoms with Gasteiger partial charge in [0.15, 0.2) is 9.84 Å². The van der Waals surface area contributed by atoms with Crippen molar-refractivity contribution < 1.29 is 13.5 Å². The molecule has 2 rings (SSSR count). The molecule has 0 atom stereocenters. The molecule has 1 N–H and O–H groups in total. The molecule has 0 aliphatic rings. The molecule has 5 nitrogen and oxygen atoms in total. The number of benzene rings is 1. The van der Waals surface area contributed by atoms with Gasteiger partial charge in [-0.15, -0.1) is 0 Å². The van der Waals surface area contributed by atoms with Crippen LogP contribution in [0.2, 0.25) is 0 Å². The lowest BCUT2D eigenvalue weighted by Gasteiger charge is -2.08. The zero-order valence-electron chi connectivity index (χ0n) is 11.3. The SMILES string of the molecule is Cc1nn(C)c(-c2cc(S(C)(=O)=O)ccc2O)c1C. The molecular formula is C13H16N2O3S. The highest BCUT2D eigenvalue weighted by Gasteiger charge is 2.17. The highest BCUT2D eigenvalue weighted by atomic mass is 32.2. The fourth-order valence-electron chi connectivity index (χ4n) is 2.08. The van der Waals surface area contributed by atoms with Crippen LogP contribution in [0, 0.1) is 13.8 Å². The number of aromatic nitrogens is 2. The molecule has 6 heteroatoms. The van der Waals surface area contributed by atoms with E-state index < -0.39 is 9.84 Å². The van der Waals surface area contributed by atoms with Crippen LogP contribution in [0.4, 0.5) is 0 Å². The minimum absolute atomic E-state index is 0.0403. The van der Waals surface area contributed by atoms with Crippen molar-refractivity contribution in [2.24, 2.45) is 7.05 Å².